The van der Waals surface area contributed by atoms with E-state index in [0.717, 1.165) is 12.8 Å². The molecule has 0 spiro atoms. The topological polar surface area (TPSA) is 472 Å². The number of carbonyl (C=O) groups excluding carboxylic acids is 1. The van der Waals surface area contributed by atoms with Gasteiger partial charge in [0.25, 0.3) is 0 Å². The van der Waals surface area contributed by atoms with Crippen molar-refractivity contribution in [3.05, 3.63) is 11.6 Å². The van der Waals surface area contributed by atoms with E-state index in [4.69, 9.17) is 56.8 Å². The summed E-state index contributed by atoms with van der Waals surface area (Å²) in [5.41, 5.74) is -1.63. The van der Waals surface area contributed by atoms with Crippen LogP contribution in [0.3, 0.4) is 0 Å². The highest BCUT2D eigenvalue weighted by atomic mass is 16.8. The Labute approximate surface area is 545 Å². The minimum Gasteiger partial charge on any atom is -0.432 e. The molecule has 6 saturated heterocycles. The van der Waals surface area contributed by atoms with Crippen molar-refractivity contribution in [3.63, 3.8) is 0 Å². The van der Waals surface area contributed by atoms with Crippen LogP contribution in [0.2, 0.25) is 0 Å². The molecule has 5 aliphatic carbocycles. The summed E-state index contributed by atoms with van der Waals surface area (Å²) in [7, 11) is 0. The zero-order valence-electron chi connectivity index (χ0n) is 54.6. The van der Waals surface area contributed by atoms with Crippen LogP contribution in [0.1, 0.15) is 120 Å². The van der Waals surface area contributed by atoms with Crippen molar-refractivity contribution in [2.24, 2.45) is 50.2 Å². The van der Waals surface area contributed by atoms with E-state index in [1.165, 1.54) is 12.5 Å². The molecule has 30 nitrogen and oxygen atoms in total. The van der Waals surface area contributed by atoms with Crippen LogP contribution in [-0.2, 0) is 61.6 Å². The smallest absolute Gasteiger partial charge is 0.315 e. The van der Waals surface area contributed by atoms with Crippen molar-refractivity contribution in [2.75, 3.05) is 33.0 Å². The van der Waals surface area contributed by atoms with Crippen molar-refractivity contribution in [2.45, 2.75) is 298 Å². The third-order valence-corrected chi connectivity index (χ3v) is 24.8. The fourth-order valence-electron chi connectivity index (χ4n) is 18.8. The molecule has 6 aliphatic heterocycles. The first-order chi connectivity index (χ1) is 44.1. The molecular formula is C64H104O30. The molecule has 30 heteroatoms. The van der Waals surface area contributed by atoms with Crippen LogP contribution in [0.5, 0.6) is 0 Å². The van der Waals surface area contributed by atoms with Crippen molar-refractivity contribution in [3.8, 4) is 0 Å². The van der Waals surface area contributed by atoms with Gasteiger partial charge >= 0.3 is 5.97 Å². The summed E-state index contributed by atoms with van der Waals surface area (Å²) < 4.78 is 72.1. The summed E-state index contributed by atoms with van der Waals surface area (Å²) in [6, 6.07) is 0. The molecule has 0 aromatic carbocycles. The first kappa shape index (κ1) is 73.3. The number of esters is 1. The maximum absolute atomic E-state index is 15.3. The Morgan fingerprint density at radius 3 is 1.73 bits per heavy atom. The second kappa shape index (κ2) is 27.5. The van der Waals surface area contributed by atoms with Gasteiger partial charge in [0, 0.05) is 0 Å². The summed E-state index contributed by atoms with van der Waals surface area (Å²) in [5.74, 6) is -0.720. The second-order valence-corrected chi connectivity index (χ2v) is 31.0. The lowest BCUT2D eigenvalue weighted by Crippen LogP contribution is -2.67. The van der Waals surface area contributed by atoms with E-state index in [2.05, 4.69) is 54.5 Å². The van der Waals surface area contributed by atoms with Gasteiger partial charge in [0.2, 0.25) is 6.29 Å². The van der Waals surface area contributed by atoms with Crippen molar-refractivity contribution >= 4 is 5.97 Å². The molecule has 6 heterocycles. The molecular weight excluding hydrogens is 1250 g/mol. The van der Waals surface area contributed by atoms with Crippen LogP contribution in [-0.4, -0.2) is 304 Å². The summed E-state index contributed by atoms with van der Waals surface area (Å²) >= 11 is 0. The minimum atomic E-state index is -1.91. The standard InChI is InChI=1S/C64H104O30/c1-25-36(69)40(73)45(78)54(86-25)92-50-31(21-66)88-52(48(81)43(50)76)85-24-32-39(72)42(75)47(80)56(89-32)94-58(82)64-17-15-59(2,3)19-27(64)26-9-10-34-61(6)13-12-35(60(4,5)33(61)11-14-63(34,8)62(26,7)16-18-64)90-57-51(93-53-44(77)37(70)28(67)22-83-53)49(29(68)23-84-57)91-55-46(79)41(74)38(71)30(20-65)87-55/h9,25,27-57,65-81H,10-24H2,1-8H3/t25-,27-,28+,29-,30+,31+,32+,33-,34+,35-,36-,37-,38+,39+,40+,41-,42-,43+,44+,45+,46+,47+,48+,49-,50+,51+,52+,53-,54-,55-,56-,57-,61-,62+,63+,64-/m0/s1. The number of allylic oxidation sites excluding steroid dienone is 2. The van der Waals surface area contributed by atoms with E-state index < -0.39 is 227 Å². The number of hydrogen-bond donors (Lipinski definition) is 17. The Kier molecular flexibility index (Phi) is 21.4. The number of fused-ring (bicyclic) bond motifs is 7. The third-order valence-electron chi connectivity index (χ3n) is 24.8. The predicted molar refractivity (Wildman–Crippen MR) is 315 cm³/mol. The van der Waals surface area contributed by atoms with Gasteiger partial charge in [-0.25, -0.2) is 0 Å². The number of aliphatic hydroxyl groups is 17. The van der Waals surface area contributed by atoms with Gasteiger partial charge in [-0.3, -0.25) is 4.79 Å². The lowest BCUT2D eigenvalue weighted by atomic mass is 9.33. The molecule has 0 bridgehead atoms. The molecule has 0 aromatic heterocycles. The van der Waals surface area contributed by atoms with Crippen LogP contribution < -0.4 is 0 Å². The quantitative estimate of drug-likeness (QED) is 0.0421. The number of hydrogen-bond acceptors (Lipinski definition) is 30. The van der Waals surface area contributed by atoms with E-state index in [-0.39, 0.29) is 40.6 Å². The molecule has 4 saturated carbocycles. The van der Waals surface area contributed by atoms with Gasteiger partial charge < -0.3 is 144 Å². The highest BCUT2D eigenvalue weighted by Gasteiger charge is 2.71. The van der Waals surface area contributed by atoms with Gasteiger partial charge in [0.1, 0.15) is 128 Å². The SMILES string of the molecule is C[C@@H]1O[C@@H](O[C@H]2[C@H](O)[C@@H](O)[C@H](OC[C@H]3O[C@@H](OC(=O)[C@]45CCC(C)(C)C[C@H]4C4=CC[C@@H]6[C@@]7(C)CC[C@H](O[C@@H]8OC[C@H](O)[C@H](O[C@@H]9O[C@H](CO)[C@@H](O)[C@H](O)[C@H]9O)[C@H]8O[C@@H]8OC[C@@H](O)[C@H](O)[C@H]8O)C(C)(C)[C@@H]7CC[C@@]6(C)[C@]4(C)CC5)[C@H](O)[C@@H](O)[C@@H]3O)O[C@@H]2CO)[C@H](O)[C@H](O)[C@H]1O. The fourth-order valence-corrected chi connectivity index (χ4v) is 18.8. The zero-order chi connectivity index (χ0) is 68.4. The molecule has 0 unspecified atom stereocenters. The summed E-state index contributed by atoms with van der Waals surface area (Å²) in [5, 5.41) is 183. The Bertz CT molecular complexity index is 2640. The summed E-state index contributed by atoms with van der Waals surface area (Å²) in [6.45, 7) is 14.2. The van der Waals surface area contributed by atoms with Crippen molar-refractivity contribution in [1.82, 2.24) is 0 Å². The van der Waals surface area contributed by atoms with Gasteiger partial charge in [-0.1, -0.05) is 60.1 Å². The van der Waals surface area contributed by atoms with Crippen molar-refractivity contribution < 1.29 is 148 Å². The normalized spacial score (nSPS) is 54.2. The van der Waals surface area contributed by atoms with Gasteiger partial charge in [-0.2, -0.15) is 0 Å². The molecule has 11 aliphatic rings. The minimum absolute atomic E-state index is 0.0630. The summed E-state index contributed by atoms with van der Waals surface area (Å²) in [4.78, 5) is 15.3. The predicted octanol–water partition coefficient (Wildman–Crippen LogP) is -4.08. The lowest BCUT2D eigenvalue weighted by Gasteiger charge is -2.71. The summed E-state index contributed by atoms with van der Waals surface area (Å²) in [6.07, 6.45) is -37.6. The molecule has 36 atom stereocenters. The number of carbonyl (C=O) groups is 1. The molecule has 0 amide bonds. The number of ether oxygens (including phenoxy) is 12. The zero-order valence-corrected chi connectivity index (χ0v) is 54.6. The van der Waals surface area contributed by atoms with Crippen LogP contribution in [0.4, 0.5) is 0 Å². The maximum Gasteiger partial charge on any atom is 0.315 e. The third kappa shape index (κ3) is 12.6. The fraction of sp³-hybridized carbons (Fsp3) is 0.953. The molecule has 10 fully saturated rings. The van der Waals surface area contributed by atoms with Crippen LogP contribution >= 0.6 is 0 Å². The Hall–Kier alpha value is -1.91. The van der Waals surface area contributed by atoms with Crippen LogP contribution in [0, 0.1) is 50.2 Å². The number of aliphatic hydroxyl groups excluding tert-OH is 17. The van der Waals surface area contributed by atoms with Crippen molar-refractivity contribution in [1.29, 1.82) is 0 Å². The number of rotatable bonds is 15. The monoisotopic (exact) mass is 1350 g/mol. The average Bonchev–Trinajstić information content (AvgIpc) is 0.676. The van der Waals surface area contributed by atoms with E-state index in [9.17, 15) is 86.8 Å². The molecule has 94 heavy (non-hydrogen) atoms. The van der Waals surface area contributed by atoms with E-state index >= 15 is 4.79 Å². The molecule has 0 radical (unpaired) electrons. The highest BCUT2D eigenvalue weighted by Crippen LogP contribution is 2.76. The van der Waals surface area contributed by atoms with Gasteiger partial charge in [-0.15, -0.1) is 0 Å². The second-order valence-electron chi connectivity index (χ2n) is 31.0. The Balaban J connectivity index is 0.786. The molecule has 0 aromatic rings. The average molecular weight is 1350 g/mol. The van der Waals surface area contributed by atoms with Crippen LogP contribution in [0.15, 0.2) is 11.6 Å². The Morgan fingerprint density at radius 2 is 1.05 bits per heavy atom. The van der Waals surface area contributed by atoms with E-state index in [1.807, 2.05) is 0 Å². The molecule has 540 valence electrons. The maximum atomic E-state index is 15.3. The molecule has 17 N–H and O–H groups in total. The van der Waals surface area contributed by atoms with Gasteiger partial charge in [-0.05, 0) is 116 Å². The first-order valence-corrected chi connectivity index (χ1v) is 33.5. The van der Waals surface area contributed by atoms with Crippen LogP contribution in [0.25, 0.3) is 0 Å². The largest absolute Gasteiger partial charge is 0.432 e. The lowest BCUT2D eigenvalue weighted by molar-refractivity contribution is -0.384. The highest BCUT2D eigenvalue weighted by molar-refractivity contribution is 5.79. The van der Waals surface area contributed by atoms with Gasteiger partial charge in [0.15, 0.2) is 31.5 Å². The molecule has 11 rings (SSSR count). The van der Waals surface area contributed by atoms with Gasteiger partial charge in [0.05, 0.1) is 50.7 Å². The van der Waals surface area contributed by atoms with E-state index in [1.54, 1.807) is 0 Å². The van der Waals surface area contributed by atoms with E-state index in [0.29, 0.717) is 51.4 Å². The Morgan fingerprint density at radius 1 is 0.500 bits per heavy atom. The first-order valence-electron chi connectivity index (χ1n) is 33.5.